The highest BCUT2D eigenvalue weighted by molar-refractivity contribution is 6.36. The van der Waals surface area contributed by atoms with Crippen LogP contribution in [-0.2, 0) is 4.74 Å². The molecule has 0 heterocycles. The maximum atomic E-state index is 12.7. The van der Waals surface area contributed by atoms with E-state index in [1.165, 1.54) is 0 Å². The summed E-state index contributed by atoms with van der Waals surface area (Å²) >= 11 is 12.0. The van der Waals surface area contributed by atoms with E-state index in [4.69, 9.17) is 27.9 Å². The molecule has 3 amide bonds. The van der Waals surface area contributed by atoms with Crippen LogP contribution in [0.2, 0.25) is 10.0 Å². The summed E-state index contributed by atoms with van der Waals surface area (Å²) in [7, 11) is 3.70. The molecule has 0 radical (unpaired) electrons. The standard InChI is InChI=1S/C21H26Cl2N4O3/c1-4-30-11-5-10-24-20(28)16-13-15(7-9-19(16)27(2)3)25-21(29)26-18-8-6-14(22)12-17(18)23/h6-9,12-13H,4-5,10-11H2,1-3H3,(H,24,28)(H2,25,26,29). The van der Waals surface area contributed by atoms with Crippen molar-refractivity contribution in [3.8, 4) is 0 Å². The van der Waals surface area contributed by atoms with Crippen LogP contribution in [-0.4, -0.2) is 45.8 Å². The fourth-order valence-corrected chi connectivity index (χ4v) is 3.13. The van der Waals surface area contributed by atoms with Gasteiger partial charge in [-0.3, -0.25) is 4.79 Å². The SMILES string of the molecule is CCOCCCNC(=O)c1cc(NC(=O)Nc2ccc(Cl)cc2Cl)ccc1N(C)C. The Hall–Kier alpha value is -2.48. The molecule has 9 heteroatoms. The minimum absolute atomic E-state index is 0.222. The molecule has 2 aromatic carbocycles. The number of anilines is 3. The maximum Gasteiger partial charge on any atom is 0.323 e. The number of benzene rings is 2. The first-order chi connectivity index (χ1) is 14.3. The van der Waals surface area contributed by atoms with Crippen molar-refractivity contribution in [1.82, 2.24) is 5.32 Å². The summed E-state index contributed by atoms with van der Waals surface area (Å²) in [5, 5.41) is 9.06. The van der Waals surface area contributed by atoms with E-state index in [1.807, 2.05) is 25.9 Å². The lowest BCUT2D eigenvalue weighted by atomic mass is 10.1. The number of halogens is 2. The molecule has 0 aliphatic carbocycles. The molecule has 0 atom stereocenters. The highest BCUT2D eigenvalue weighted by atomic mass is 35.5. The zero-order chi connectivity index (χ0) is 22.1. The van der Waals surface area contributed by atoms with Crippen molar-refractivity contribution >= 4 is 52.2 Å². The van der Waals surface area contributed by atoms with Gasteiger partial charge in [0.1, 0.15) is 0 Å². The molecule has 7 nitrogen and oxygen atoms in total. The Bertz CT molecular complexity index is 891. The molecule has 0 saturated carbocycles. The average Bonchev–Trinajstić information content (AvgIpc) is 2.69. The molecule has 0 fully saturated rings. The Balaban J connectivity index is 2.08. The van der Waals surface area contributed by atoms with E-state index in [1.54, 1.807) is 36.4 Å². The lowest BCUT2D eigenvalue weighted by molar-refractivity contribution is 0.0944. The zero-order valence-electron chi connectivity index (χ0n) is 17.2. The first-order valence-corrected chi connectivity index (χ1v) is 10.3. The van der Waals surface area contributed by atoms with Gasteiger partial charge in [-0.15, -0.1) is 0 Å². The topological polar surface area (TPSA) is 82.7 Å². The second kappa shape index (κ2) is 11.6. The molecule has 0 bridgehead atoms. The monoisotopic (exact) mass is 452 g/mol. The first kappa shape index (κ1) is 23.8. The van der Waals surface area contributed by atoms with Gasteiger partial charge in [0.15, 0.2) is 0 Å². The number of hydrogen-bond donors (Lipinski definition) is 3. The number of rotatable bonds is 9. The van der Waals surface area contributed by atoms with E-state index in [0.29, 0.717) is 46.7 Å². The molecule has 30 heavy (non-hydrogen) atoms. The van der Waals surface area contributed by atoms with E-state index in [0.717, 1.165) is 12.1 Å². The van der Waals surface area contributed by atoms with Crippen molar-refractivity contribution in [3.63, 3.8) is 0 Å². The van der Waals surface area contributed by atoms with Crippen molar-refractivity contribution in [2.75, 3.05) is 49.4 Å². The Morgan fingerprint density at radius 2 is 1.83 bits per heavy atom. The number of carbonyl (C=O) groups is 2. The van der Waals surface area contributed by atoms with Crippen LogP contribution < -0.4 is 20.9 Å². The summed E-state index contributed by atoms with van der Waals surface area (Å²) in [5.74, 6) is -0.222. The van der Waals surface area contributed by atoms with Gasteiger partial charge < -0.3 is 25.6 Å². The maximum absolute atomic E-state index is 12.7. The third-order valence-electron chi connectivity index (χ3n) is 4.12. The molecule has 162 valence electrons. The lowest BCUT2D eigenvalue weighted by Gasteiger charge is -2.19. The Labute approximate surface area is 186 Å². The summed E-state index contributed by atoms with van der Waals surface area (Å²) in [6.07, 6.45) is 0.721. The van der Waals surface area contributed by atoms with Crippen molar-refractivity contribution < 1.29 is 14.3 Å². The number of carbonyl (C=O) groups excluding carboxylic acids is 2. The Kier molecular flexibility index (Phi) is 9.23. The van der Waals surface area contributed by atoms with Gasteiger partial charge in [0.05, 0.1) is 16.3 Å². The smallest absolute Gasteiger partial charge is 0.323 e. The summed E-state index contributed by atoms with van der Waals surface area (Å²) in [6, 6.07) is 9.43. The lowest BCUT2D eigenvalue weighted by Crippen LogP contribution is -2.28. The van der Waals surface area contributed by atoms with Gasteiger partial charge in [0, 0.05) is 50.3 Å². The van der Waals surface area contributed by atoms with Crippen molar-refractivity contribution in [2.24, 2.45) is 0 Å². The second-order valence-electron chi connectivity index (χ2n) is 6.64. The van der Waals surface area contributed by atoms with Crippen LogP contribution in [0.3, 0.4) is 0 Å². The molecule has 0 unspecified atom stereocenters. The van der Waals surface area contributed by atoms with Crippen LogP contribution in [0.1, 0.15) is 23.7 Å². The van der Waals surface area contributed by atoms with Crippen LogP contribution in [0.15, 0.2) is 36.4 Å². The minimum atomic E-state index is -0.486. The van der Waals surface area contributed by atoms with Gasteiger partial charge in [0.25, 0.3) is 5.91 Å². The van der Waals surface area contributed by atoms with Gasteiger partial charge in [0.2, 0.25) is 0 Å². The van der Waals surface area contributed by atoms with Gasteiger partial charge >= 0.3 is 6.03 Å². The highest BCUT2D eigenvalue weighted by Crippen LogP contribution is 2.26. The van der Waals surface area contributed by atoms with Gasteiger partial charge in [-0.2, -0.15) is 0 Å². The Morgan fingerprint density at radius 1 is 1.07 bits per heavy atom. The number of urea groups is 1. The third-order valence-corrected chi connectivity index (χ3v) is 4.66. The van der Waals surface area contributed by atoms with Crippen molar-refractivity contribution in [1.29, 1.82) is 0 Å². The van der Waals surface area contributed by atoms with Crippen molar-refractivity contribution in [3.05, 3.63) is 52.0 Å². The first-order valence-electron chi connectivity index (χ1n) is 9.52. The molecule has 0 aliphatic heterocycles. The molecule has 0 aliphatic rings. The zero-order valence-corrected chi connectivity index (χ0v) is 18.7. The van der Waals surface area contributed by atoms with Crippen molar-refractivity contribution in [2.45, 2.75) is 13.3 Å². The van der Waals surface area contributed by atoms with Crippen LogP contribution in [0.4, 0.5) is 21.9 Å². The summed E-state index contributed by atoms with van der Waals surface area (Å²) in [4.78, 5) is 26.9. The molecule has 2 rings (SSSR count). The molecule has 2 aromatic rings. The fourth-order valence-electron chi connectivity index (χ4n) is 2.68. The summed E-state index contributed by atoms with van der Waals surface area (Å²) in [5.41, 5.74) is 2.10. The fraction of sp³-hybridized carbons (Fsp3) is 0.333. The predicted molar refractivity (Wildman–Crippen MR) is 123 cm³/mol. The molecular weight excluding hydrogens is 427 g/mol. The molecule has 0 saturated heterocycles. The van der Waals surface area contributed by atoms with Gasteiger partial charge in [-0.1, -0.05) is 23.2 Å². The number of nitrogens with one attached hydrogen (secondary N) is 3. The largest absolute Gasteiger partial charge is 0.382 e. The highest BCUT2D eigenvalue weighted by Gasteiger charge is 2.15. The van der Waals surface area contributed by atoms with E-state index in [9.17, 15) is 9.59 Å². The number of amides is 3. The minimum Gasteiger partial charge on any atom is -0.382 e. The second-order valence-corrected chi connectivity index (χ2v) is 7.48. The average molecular weight is 453 g/mol. The summed E-state index contributed by atoms with van der Waals surface area (Å²) in [6.45, 7) is 3.67. The number of nitrogens with zero attached hydrogens (tertiary/aromatic N) is 1. The quantitative estimate of drug-likeness (QED) is 0.474. The third kappa shape index (κ3) is 7.09. The van der Waals surface area contributed by atoms with E-state index in [-0.39, 0.29) is 5.91 Å². The van der Waals surface area contributed by atoms with E-state index >= 15 is 0 Å². The normalized spacial score (nSPS) is 10.4. The number of ether oxygens (including phenoxy) is 1. The molecule has 0 aromatic heterocycles. The Morgan fingerprint density at radius 3 is 2.50 bits per heavy atom. The molecule has 0 spiro atoms. The predicted octanol–water partition coefficient (Wildman–Crippen LogP) is 4.86. The van der Waals surface area contributed by atoms with Crippen LogP contribution in [0.5, 0.6) is 0 Å². The van der Waals surface area contributed by atoms with Crippen LogP contribution >= 0.6 is 23.2 Å². The molecular formula is C21H26Cl2N4O3. The van der Waals surface area contributed by atoms with E-state index in [2.05, 4.69) is 16.0 Å². The van der Waals surface area contributed by atoms with Crippen LogP contribution in [0, 0.1) is 0 Å². The summed E-state index contributed by atoms with van der Waals surface area (Å²) < 4.78 is 5.28. The number of hydrogen-bond acceptors (Lipinski definition) is 4. The molecule has 3 N–H and O–H groups in total. The van der Waals surface area contributed by atoms with E-state index < -0.39 is 6.03 Å². The van der Waals surface area contributed by atoms with Crippen LogP contribution in [0.25, 0.3) is 0 Å². The van der Waals surface area contributed by atoms with Gasteiger partial charge in [-0.25, -0.2) is 4.79 Å². The van der Waals surface area contributed by atoms with Gasteiger partial charge in [-0.05, 0) is 49.7 Å².